The van der Waals surface area contributed by atoms with E-state index in [1.54, 1.807) is 43.5 Å². The highest BCUT2D eigenvalue weighted by atomic mass is 16.5. The van der Waals surface area contributed by atoms with Crippen LogP contribution in [0.4, 0.5) is 0 Å². The first-order valence-electron chi connectivity index (χ1n) is 7.96. The number of ketones is 1. The number of ether oxygens (including phenoxy) is 3. The first-order chi connectivity index (χ1) is 12.6. The van der Waals surface area contributed by atoms with Gasteiger partial charge in [-0.2, -0.15) is 0 Å². The van der Waals surface area contributed by atoms with Gasteiger partial charge in [0.05, 0.1) is 33.5 Å². The molecule has 0 saturated carbocycles. The van der Waals surface area contributed by atoms with Crippen molar-refractivity contribution in [1.29, 1.82) is 0 Å². The molecule has 1 aromatic heterocycles. The second-order valence-corrected chi connectivity index (χ2v) is 5.62. The minimum absolute atomic E-state index is 0.182. The fraction of sp³-hybridized carbons (Fsp3) is 0.200. The fourth-order valence-electron chi connectivity index (χ4n) is 2.82. The van der Waals surface area contributed by atoms with Crippen LogP contribution in [-0.4, -0.2) is 37.2 Å². The summed E-state index contributed by atoms with van der Waals surface area (Å²) in [6, 6.07) is 12.1. The minimum atomic E-state index is -0.262. The largest absolute Gasteiger partial charge is 0.493 e. The Hall–Kier alpha value is -3.12. The van der Waals surface area contributed by atoms with Gasteiger partial charge in [-0.1, -0.05) is 0 Å². The molecule has 0 fully saturated rings. The van der Waals surface area contributed by atoms with E-state index in [0.29, 0.717) is 34.1 Å². The van der Waals surface area contributed by atoms with Gasteiger partial charge in [-0.05, 0) is 36.4 Å². The average Bonchev–Trinajstić information content (AvgIpc) is 2.71. The van der Waals surface area contributed by atoms with E-state index in [-0.39, 0.29) is 12.4 Å². The highest BCUT2D eigenvalue weighted by Crippen LogP contribution is 2.33. The zero-order valence-electron chi connectivity index (χ0n) is 14.8. The Labute approximate surface area is 151 Å². The molecule has 0 spiro atoms. The van der Waals surface area contributed by atoms with Crippen LogP contribution in [0.15, 0.2) is 42.5 Å². The number of pyridine rings is 1. The summed E-state index contributed by atoms with van der Waals surface area (Å²) in [5.74, 6) is 1.15. The number of hydrogen-bond donors (Lipinski definition) is 1. The molecule has 0 aliphatic heterocycles. The number of carbonyl (C=O) groups is 1. The van der Waals surface area contributed by atoms with E-state index in [4.69, 9.17) is 14.2 Å². The molecule has 6 nitrogen and oxygen atoms in total. The van der Waals surface area contributed by atoms with E-state index in [1.165, 1.54) is 14.2 Å². The maximum absolute atomic E-state index is 12.9. The van der Waals surface area contributed by atoms with E-state index in [2.05, 4.69) is 4.98 Å². The van der Waals surface area contributed by atoms with Crippen LogP contribution in [0.3, 0.4) is 0 Å². The van der Waals surface area contributed by atoms with Gasteiger partial charge in [0.2, 0.25) is 5.88 Å². The van der Waals surface area contributed by atoms with Crippen LogP contribution in [0, 0.1) is 0 Å². The van der Waals surface area contributed by atoms with Crippen LogP contribution in [0.5, 0.6) is 17.4 Å². The highest BCUT2D eigenvalue weighted by molar-refractivity contribution is 6.11. The molecular formula is C20H19NO5. The number of hydrogen-bond acceptors (Lipinski definition) is 6. The van der Waals surface area contributed by atoms with Crippen LogP contribution in [0.1, 0.15) is 21.5 Å². The third kappa shape index (κ3) is 3.19. The van der Waals surface area contributed by atoms with Gasteiger partial charge < -0.3 is 19.3 Å². The number of fused-ring (bicyclic) bond motifs is 1. The number of carbonyl (C=O) groups excluding carboxylic acids is 1. The molecule has 6 heteroatoms. The fourth-order valence-corrected chi connectivity index (χ4v) is 2.82. The predicted octanol–water partition coefficient (Wildman–Crippen LogP) is 2.98. The van der Waals surface area contributed by atoms with Crippen LogP contribution < -0.4 is 14.2 Å². The van der Waals surface area contributed by atoms with Crippen molar-refractivity contribution >= 4 is 16.7 Å². The Kier molecular flexibility index (Phi) is 5.04. The lowest BCUT2D eigenvalue weighted by Gasteiger charge is -2.13. The van der Waals surface area contributed by atoms with E-state index in [9.17, 15) is 9.90 Å². The first kappa shape index (κ1) is 17.7. The van der Waals surface area contributed by atoms with Crippen molar-refractivity contribution in [3.8, 4) is 17.4 Å². The summed E-state index contributed by atoms with van der Waals surface area (Å²) in [7, 11) is 4.54. The molecule has 0 aliphatic rings. The zero-order valence-corrected chi connectivity index (χ0v) is 14.8. The van der Waals surface area contributed by atoms with Crippen molar-refractivity contribution in [2.45, 2.75) is 6.61 Å². The van der Waals surface area contributed by atoms with Crippen molar-refractivity contribution in [3.63, 3.8) is 0 Å². The number of rotatable bonds is 6. The molecule has 1 heterocycles. The van der Waals surface area contributed by atoms with Crippen LogP contribution in [0.2, 0.25) is 0 Å². The quantitative estimate of drug-likeness (QED) is 0.687. The zero-order chi connectivity index (χ0) is 18.7. The topological polar surface area (TPSA) is 77.9 Å². The molecule has 0 atom stereocenters. The van der Waals surface area contributed by atoms with Gasteiger partial charge in [0, 0.05) is 28.1 Å². The van der Waals surface area contributed by atoms with Crippen LogP contribution >= 0.6 is 0 Å². The van der Waals surface area contributed by atoms with Gasteiger partial charge in [-0.3, -0.25) is 4.79 Å². The molecule has 0 radical (unpaired) electrons. The van der Waals surface area contributed by atoms with E-state index in [0.717, 1.165) is 10.9 Å². The van der Waals surface area contributed by atoms with Gasteiger partial charge in [0.25, 0.3) is 0 Å². The summed E-state index contributed by atoms with van der Waals surface area (Å²) in [5, 5.41) is 10.4. The lowest BCUT2D eigenvalue weighted by atomic mass is 9.99. The summed E-state index contributed by atoms with van der Waals surface area (Å²) < 4.78 is 15.7. The molecule has 3 aromatic rings. The summed E-state index contributed by atoms with van der Waals surface area (Å²) in [5.41, 5.74) is 2.15. The van der Waals surface area contributed by atoms with Crippen molar-refractivity contribution in [1.82, 2.24) is 4.98 Å². The predicted molar refractivity (Wildman–Crippen MR) is 97.2 cm³/mol. The van der Waals surface area contributed by atoms with Gasteiger partial charge in [0.1, 0.15) is 0 Å². The van der Waals surface area contributed by atoms with Crippen molar-refractivity contribution in [2.24, 2.45) is 0 Å². The Morgan fingerprint density at radius 1 is 0.962 bits per heavy atom. The van der Waals surface area contributed by atoms with Crippen molar-refractivity contribution in [3.05, 3.63) is 59.2 Å². The molecule has 134 valence electrons. The Balaban J connectivity index is 2.05. The molecule has 2 aromatic carbocycles. The Morgan fingerprint density at radius 3 is 2.42 bits per heavy atom. The molecule has 0 unspecified atom stereocenters. The van der Waals surface area contributed by atoms with E-state index >= 15 is 0 Å². The Morgan fingerprint density at radius 2 is 1.77 bits per heavy atom. The highest BCUT2D eigenvalue weighted by Gasteiger charge is 2.17. The number of benzene rings is 2. The lowest BCUT2D eigenvalue weighted by Crippen LogP contribution is -2.05. The Bertz CT molecular complexity index is 943. The van der Waals surface area contributed by atoms with Crippen LogP contribution in [0.25, 0.3) is 10.9 Å². The standard InChI is InChI=1S/C20H19NO5/c1-24-17-10-14(9-15(11-22)20(17)26-3)19(23)13-4-6-16-12(8-13)5-7-18(21-16)25-2/h4-10,22H,11H2,1-3H3. The molecule has 0 saturated heterocycles. The summed E-state index contributed by atoms with van der Waals surface area (Å²) in [6.45, 7) is -0.262. The normalized spacial score (nSPS) is 10.6. The van der Waals surface area contributed by atoms with Gasteiger partial charge in [0.15, 0.2) is 17.3 Å². The third-order valence-corrected chi connectivity index (χ3v) is 4.12. The number of methoxy groups -OCH3 is 3. The summed E-state index contributed by atoms with van der Waals surface area (Å²) in [4.78, 5) is 17.3. The van der Waals surface area contributed by atoms with E-state index < -0.39 is 0 Å². The number of nitrogens with zero attached hydrogens (tertiary/aromatic N) is 1. The number of aliphatic hydroxyl groups excluding tert-OH is 1. The molecule has 26 heavy (non-hydrogen) atoms. The second kappa shape index (κ2) is 7.41. The van der Waals surface area contributed by atoms with Gasteiger partial charge in [-0.15, -0.1) is 0 Å². The second-order valence-electron chi connectivity index (χ2n) is 5.62. The maximum Gasteiger partial charge on any atom is 0.213 e. The minimum Gasteiger partial charge on any atom is -0.493 e. The molecule has 0 aliphatic carbocycles. The van der Waals surface area contributed by atoms with Crippen LogP contribution in [-0.2, 0) is 6.61 Å². The SMILES string of the molecule is COc1ccc2cc(C(=O)c3cc(CO)c(OC)c(OC)c3)ccc2n1. The smallest absolute Gasteiger partial charge is 0.213 e. The van der Waals surface area contributed by atoms with Crippen molar-refractivity contribution < 1.29 is 24.1 Å². The molecule has 0 amide bonds. The summed E-state index contributed by atoms with van der Waals surface area (Å²) >= 11 is 0. The average molecular weight is 353 g/mol. The first-order valence-corrected chi connectivity index (χ1v) is 7.96. The summed E-state index contributed by atoms with van der Waals surface area (Å²) in [6.07, 6.45) is 0. The monoisotopic (exact) mass is 353 g/mol. The number of aromatic nitrogens is 1. The molecular weight excluding hydrogens is 334 g/mol. The van der Waals surface area contributed by atoms with Gasteiger partial charge >= 0.3 is 0 Å². The van der Waals surface area contributed by atoms with Crippen molar-refractivity contribution in [2.75, 3.05) is 21.3 Å². The number of aliphatic hydroxyl groups is 1. The molecule has 3 rings (SSSR count). The maximum atomic E-state index is 12.9. The van der Waals surface area contributed by atoms with E-state index in [1.807, 2.05) is 6.07 Å². The lowest BCUT2D eigenvalue weighted by molar-refractivity contribution is 0.103. The molecule has 0 bridgehead atoms. The third-order valence-electron chi connectivity index (χ3n) is 4.12. The van der Waals surface area contributed by atoms with Gasteiger partial charge in [-0.25, -0.2) is 4.98 Å². The molecule has 1 N–H and O–H groups in total.